The number of hydrogen-bond acceptors (Lipinski definition) is 5. The predicted octanol–water partition coefficient (Wildman–Crippen LogP) is 3.96. The predicted molar refractivity (Wildman–Crippen MR) is 103 cm³/mol. The molecule has 1 fully saturated rings. The van der Waals surface area contributed by atoms with Crippen LogP contribution in [0.2, 0.25) is 0 Å². The highest BCUT2D eigenvalue weighted by Crippen LogP contribution is 2.31. The third-order valence-electron chi connectivity index (χ3n) is 5.12. The van der Waals surface area contributed by atoms with E-state index in [9.17, 15) is 22.8 Å². The Morgan fingerprint density at radius 1 is 1.27 bits per heavy atom. The minimum absolute atomic E-state index is 0.108. The average molecular weight is 427 g/mol. The Morgan fingerprint density at radius 3 is 2.53 bits per heavy atom. The van der Waals surface area contributed by atoms with Crippen LogP contribution in [0.1, 0.15) is 37.8 Å². The summed E-state index contributed by atoms with van der Waals surface area (Å²) >= 11 is 0. The molecule has 0 aliphatic carbocycles. The molecule has 30 heavy (non-hydrogen) atoms. The number of benzene rings is 1. The highest BCUT2D eigenvalue weighted by Gasteiger charge is 2.36. The molecule has 2 aromatic rings. The first-order valence-electron chi connectivity index (χ1n) is 9.84. The lowest BCUT2D eigenvalue weighted by Gasteiger charge is -2.33. The van der Waals surface area contributed by atoms with Gasteiger partial charge in [-0.2, -0.15) is 0 Å². The molecule has 1 saturated heterocycles. The number of alkyl halides is 3. The molecule has 0 bridgehead atoms. The Hall–Kier alpha value is -2.55. The lowest BCUT2D eigenvalue weighted by Crippen LogP contribution is -2.46. The van der Waals surface area contributed by atoms with Crippen LogP contribution in [0.4, 0.5) is 13.2 Å². The maximum Gasteiger partial charge on any atom is 0.522 e. The van der Waals surface area contributed by atoms with E-state index in [0.717, 1.165) is 11.1 Å². The van der Waals surface area contributed by atoms with Crippen molar-refractivity contribution in [2.24, 2.45) is 0 Å². The van der Waals surface area contributed by atoms with E-state index >= 15 is 0 Å². The molecular formula is C21H24F3NO5. The fraction of sp³-hybridized carbons (Fsp3) is 0.524. The monoisotopic (exact) mass is 427 g/mol. The zero-order valence-electron chi connectivity index (χ0n) is 17.0. The number of amides is 1. The fourth-order valence-electron chi connectivity index (χ4n) is 3.72. The summed E-state index contributed by atoms with van der Waals surface area (Å²) in [6, 6.07) is 4.91. The first kappa shape index (κ1) is 22.1. The first-order chi connectivity index (χ1) is 14.1. The maximum absolute atomic E-state index is 12.8. The van der Waals surface area contributed by atoms with E-state index in [4.69, 9.17) is 9.15 Å². The van der Waals surface area contributed by atoms with Gasteiger partial charge in [-0.15, -0.1) is 13.2 Å². The van der Waals surface area contributed by atoms with Gasteiger partial charge in [0.2, 0.25) is 0 Å². The standard InChI is InChI=1S/C21H24F3NO5/c1-4-14-11-18(26)29-17-10-12(2)9-16(19(14)17)28-13(3)20(27)25-7-5-15(6-8-25)30-21(22,23)24/h9-11,13,15H,4-8H2,1-3H3. The average Bonchev–Trinajstić information content (AvgIpc) is 2.65. The van der Waals surface area contributed by atoms with E-state index in [2.05, 4.69) is 4.74 Å². The van der Waals surface area contributed by atoms with E-state index in [0.29, 0.717) is 23.1 Å². The summed E-state index contributed by atoms with van der Waals surface area (Å²) in [7, 11) is 0. The van der Waals surface area contributed by atoms with Crippen LogP contribution < -0.4 is 10.4 Å². The van der Waals surface area contributed by atoms with Crippen LogP contribution in [0.3, 0.4) is 0 Å². The summed E-state index contributed by atoms with van der Waals surface area (Å²) < 4.78 is 52.4. The number of fused-ring (bicyclic) bond motifs is 1. The zero-order chi connectivity index (χ0) is 22.1. The number of ether oxygens (including phenoxy) is 2. The van der Waals surface area contributed by atoms with Gasteiger partial charge in [-0.25, -0.2) is 4.79 Å². The Morgan fingerprint density at radius 2 is 1.93 bits per heavy atom. The van der Waals surface area contributed by atoms with Crippen LogP contribution in [0, 0.1) is 6.92 Å². The van der Waals surface area contributed by atoms with Gasteiger partial charge in [0.1, 0.15) is 11.3 Å². The van der Waals surface area contributed by atoms with Crippen LogP contribution in [0.25, 0.3) is 11.0 Å². The zero-order valence-corrected chi connectivity index (χ0v) is 17.0. The van der Waals surface area contributed by atoms with Gasteiger partial charge < -0.3 is 14.1 Å². The van der Waals surface area contributed by atoms with Gasteiger partial charge in [-0.3, -0.25) is 9.53 Å². The Kier molecular flexibility index (Phi) is 6.40. The topological polar surface area (TPSA) is 69.0 Å². The van der Waals surface area contributed by atoms with Crippen molar-refractivity contribution < 1.29 is 31.9 Å². The molecule has 1 aliphatic heterocycles. The van der Waals surface area contributed by atoms with E-state index in [1.54, 1.807) is 19.1 Å². The number of aryl methyl sites for hydroxylation is 2. The third kappa shape index (κ3) is 5.13. The van der Waals surface area contributed by atoms with Crippen molar-refractivity contribution in [1.29, 1.82) is 0 Å². The van der Waals surface area contributed by atoms with Crippen molar-refractivity contribution in [3.63, 3.8) is 0 Å². The van der Waals surface area contributed by atoms with Crippen LogP contribution >= 0.6 is 0 Å². The van der Waals surface area contributed by atoms with Crippen LogP contribution in [0.15, 0.2) is 27.4 Å². The number of halogens is 3. The SMILES string of the molecule is CCc1cc(=O)oc2cc(C)cc(OC(C)C(=O)N3CCC(OC(F)(F)F)CC3)c12. The molecule has 0 spiro atoms. The first-order valence-corrected chi connectivity index (χ1v) is 9.84. The Bertz CT molecular complexity index is 977. The van der Waals surface area contributed by atoms with Gasteiger partial charge >= 0.3 is 12.0 Å². The summed E-state index contributed by atoms with van der Waals surface area (Å²) in [5.74, 6) is 0.118. The van der Waals surface area contributed by atoms with Gasteiger partial charge in [-0.1, -0.05) is 6.92 Å². The Balaban J connectivity index is 1.75. The van der Waals surface area contributed by atoms with Crippen LogP contribution in [-0.2, 0) is 16.0 Å². The van der Waals surface area contributed by atoms with Crippen molar-refractivity contribution in [2.45, 2.75) is 58.6 Å². The van der Waals surface area contributed by atoms with Crippen LogP contribution in [0.5, 0.6) is 5.75 Å². The molecule has 9 heteroatoms. The summed E-state index contributed by atoms with van der Waals surface area (Å²) in [5, 5.41) is 0.639. The Labute approximate surface area is 171 Å². The highest BCUT2D eigenvalue weighted by molar-refractivity contribution is 5.88. The van der Waals surface area contributed by atoms with Crippen molar-refractivity contribution >= 4 is 16.9 Å². The smallest absolute Gasteiger partial charge is 0.480 e. The van der Waals surface area contributed by atoms with Crippen molar-refractivity contribution in [2.75, 3.05) is 13.1 Å². The normalized spacial score (nSPS) is 16.7. The highest BCUT2D eigenvalue weighted by atomic mass is 19.4. The molecule has 1 amide bonds. The van der Waals surface area contributed by atoms with Gasteiger partial charge in [0.15, 0.2) is 6.10 Å². The van der Waals surface area contributed by atoms with Crippen LogP contribution in [-0.4, -0.2) is 42.5 Å². The third-order valence-corrected chi connectivity index (χ3v) is 5.12. The summed E-state index contributed by atoms with van der Waals surface area (Å²) in [6.07, 6.45) is -5.68. The van der Waals surface area contributed by atoms with Crippen molar-refractivity contribution in [1.82, 2.24) is 4.90 Å². The molecule has 1 aromatic heterocycles. The quantitative estimate of drug-likeness (QED) is 0.676. The molecule has 1 unspecified atom stereocenters. The number of likely N-dealkylation sites (tertiary alicyclic amines) is 1. The summed E-state index contributed by atoms with van der Waals surface area (Å²) in [5.41, 5.74) is 1.49. The number of rotatable bonds is 5. The van der Waals surface area contributed by atoms with Gasteiger partial charge in [0.25, 0.3) is 5.91 Å². The molecule has 3 rings (SSSR count). The molecule has 1 atom stereocenters. The van der Waals surface area contributed by atoms with Crippen molar-refractivity contribution in [3.8, 4) is 5.75 Å². The van der Waals surface area contributed by atoms with Gasteiger partial charge in [-0.05, 0) is 56.4 Å². The number of carbonyl (C=O) groups is 1. The maximum atomic E-state index is 12.8. The minimum atomic E-state index is -4.68. The second kappa shape index (κ2) is 8.67. The second-order valence-electron chi connectivity index (χ2n) is 7.43. The molecule has 0 N–H and O–H groups in total. The molecule has 6 nitrogen and oxygen atoms in total. The lowest BCUT2D eigenvalue weighted by molar-refractivity contribution is -0.345. The van der Waals surface area contributed by atoms with E-state index in [1.165, 1.54) is 11.0 Å². The second-order valence-corrected chi connectivity index (χ2v) is 7.43. The van der Waals surface area contributed by atoms with E-state index < -0.39 is 24.2 Å². The molecule has 1 aromatic carbocycles. The number of hydrogen-bond donors (Lipinski definition) is 0. The number of piperidine rings is 1. The van der Waals surface area contributed by atoms with Gasteiger partial charge in [0, 0.05) is 19.2 Å². The number of nitrogens with zero attached hydrogens (tertiary/aromatic N) is 1. The van der Waals surface area contributed by atoms with Gasteiger partial charge in [0.05, 0.1) is 11.5 Å². The molecule has 0 saturated carbocycles. The summed E-state index contributed by atoms with van der Waals surface area (Å²) in [6.45, 7) is 5.65. The molecule has 0 radical (unpaired) electrons. The largest absolute Gasteiger partial charge is 0.522 e. The number of carbonyl (C=O) groups excluding carboxylic acids is 1. The fourth-order valence-corrected chi connectivity index (χ4v) is 3.72. The molecule has 2 heterocycles. The molecule has 1 aliphatic rings. The summed E-state index contributed by atoms with van der Waals surface area (Å²) in [4.78, 5) is 26.1. The van der Waals surface area contributed by atoms with E-state index in [-0.39, 0.29) is 31.8 Å². The van der Waals surface area contributed by atoms with E-state index in [1.807, 2.05) is 13.8 Å². The molecular weight excluding hydrogens is 403 g/mol. The lowest BCUT2D eigenvalue weighted by atomic mass is 10.0. The minimum Gasteiger partial charge on any atom is -0.480 e. The molecule has 164 valence electrons. The van der Waals surface area contributed by atoms with Crippen molar-refractivity contribution in [3.05, 3.63) is 39.7 Å².